The van der Waals surface area contributed by atoms with Crippen LogP contribution in [0.2, 0.25) is 0 Å². The summed E-state index contributed by atoms with van der Waals surface area (Å²) >= 11 is 0. The lowest BCUT2D eigenvalue weighted by atomic mass is 10.1. The lowest BCUT2D eigenvalue weighted by molar-refractivity contribution is 0.0839. The summed E-state index contributed by atoms with van der Waals surface area (Å²) in [6.07, 6.45) is 2.84. The molecule has 5 heteroatoms. The van der Waals surface area contributed by atoms with E-state index in [9.17, 15) is 5.11 Å². The summed E-state index contributed by atoms with van der Waals surface area (Å²) in [4.78, 5) is 6.97. The van der Waals surface area contributed by atoms with Gasteiger partial charge < -0.3 is 19.7 Å². The van der Waals surface area contributed by atoms with Gasteiger partial charge in [0.1, 0.15) is 5.65 Å². The Bertz CT molecular complexity index is 632. The third-order valence-electron chi connectivity index (χ3n) is 4.04. The molecule has 114 valence electrons. The summed E-state index contributed by atoms with van der Waals surface area (Å²) in [7, 11) is 0. The van der Waals surface area contributed by atoms with Crippen LogP contribution in [0.1, 0.15) is 32.9 Å². The number of β-amino-alcohol motifs (C(OH)–C–C–N with tert-alkyl or cyclic N) is 1. The molecule has 3 heterocycles. The fraction of sp³-hybridized carbons (Fsp3) is 0.562. The molecular weight excluding hydrogens is 264 g/mol. The van der Waals surface area contributed by atoms with Gasteiger partial charge in [0.15, 0.2) is 5.82 Å². The Hall–Kier alpha value is -1.59. The maximum Gasteiger partial charge on any atom is 0.152 e. The molecule has 0 saturated carbocycles. The lowest BCUT2D eigenvalue weighted by Crippen LogP contribution is -2.31. The quantitative estimate of drug-likeness (QED) is 0.900. The Morgan fingerprint density at radius 2 is 2.24 bits per heavy atom. The Morgan fingerprint density at radius 1 is 1.43 bits per heavy atom. The van der Waals surface area contributed by atoms with Gasteiger partial charge in [0.05, 0.1) is 11.3 Å². The van der Waals surface area contributed by atoms with Crippen molar-refractivity contribution in [3.8, 4) is 0 Å². The van der Waals surface area contributed by atoms with Crippen LogP contribution in [0, 0.1) is 0 Å². The average molecular weight is 288 g/mol. The number of pyridine rings is 1. The van der Waals surface area contributed by atoms with E-state index >= 15 is 0 Å². The fourth-order valence-corrected chi connectivity index (χ4v) is 2.88. The van der Waals surface area contributed by atoms with Crippen LogP contribution in [0.3, 0.4) is 0 Å². The van der Waals surface area contributed by atoms with Gasteiger partial charge in [0.2, 0.25) is 0 Å². The van der Waals surface area contributed by atoms with E-state index in [-0.39, 0.29) is 0 Å². The Morgan fingerprint density at radius 3 is 2.90 bits per heavy atom. The molecule has 21 heavy (non-hydrogen) atoms. The van der Waals surface area contributed by atoms with E-state index in [1.54, 1.807) is 0 Å². The largest absolute Gasteiger partial charge is 0.388 e. The minimum atomic E-state index is -0.613. The molecule has 1 aliphatic rings. The van der Waals surface area contributed by atoms with Crippen LogP contribution in [0.15, 0.2) is 24.4 Å². The third kappa shape index (κ3) is 2.89. The van der Waals surface area contributed by atoms with Gasteiger partial charge in [0.25, 0.3) is 0 Å². The molecule has 0 bridgehead atoms. The first kappa shape index (κ1) is 14.4. The van der Waals surface area contributed by atoms with Crippen LogP contribution in [0.4, 0.5) is 5.82 Å². The summed E-state index contributed by atoms with van der Waals surface area (Å²) in [5.74, 6) is 0.993. The molecule has 5 nitrogen and oxygen atoms in total. The summed E-state index contributed by atoms with van der Waals surface area (Å²) in [6, 6.07) is 6.48. The highest BCUT2D eigenvalue weighted by molar-refractivity contribution is 5.56. The number of anilines is 1. The second-order valence-corrected chi connectivity index (χ2v) is 6.52. The van der Waals surface area contributed by atoms with Crippen LogP contribution in [0.25, 0.3) is 5.65 Å². The Labute approximate surface area is 125 Å². The van der Waals surface area contributed by atoms with E-state index in [2.05, 4.69) is 34.7 Å². The zero-order valence-corrected chi connectivity index (χ0v) is 13.0. The summed E-state index contributed by atoms with van der Waals surface area (Å²) < 4.78 is 2.14. The van der Waals surface area contributed by atoms with E-state index < -0.39 is 5.60 Å². The second kappa shape index (κ2) is 5.31. The monoisotopic (exact) mass is 288 g/mol. The molecule has 3 rings (SSSR count). The average Bonchev–Trinajstić information content (AvgIpc) is 2.96. The predicted molar refractivity (Wildman–Crippen MR) is 84.6 cm³/mol. The Kier molecular flexibility index (Phi) is 3.63. The molecular formula is C16H24N4O. The maximum absolute atomic E-state index is 10.2. The molecule has 1 fully saturated rings. The number of nitrogens with one attached hydrogen (secondary N) is 1. The zero-order valence-electron chi connectivity index (χ0n) is 13.0. The first-order valence-electron chi connectivity index (χ1n) is 7.63. The fourth-order valence-electron chi connectivity index (χ4n) is 2.88. The number of fused-ring (bicyclic) bond motifs is 1. The van der Waals surface area contributed by atoms with Crippen molar-refractivity contribution in [1.29, 1.82) is 0 Å². The summed E-state index contributed by atoms with van der Waals surface area (Å²) in [5.41, 5.74) is 1.51. The van der Waals surface area contributed by atoms with Crippen LogP contribution < -0.4 is 10.2 Å². The van der Waals surface area contributed by atoms with Crippen molar-refractivity contribution < 1.29 is 5.11 Å². The number of hydrogen-bond donors (Lipinski definition) is 2. The van der Waals surface area contributed by atoms with E-state index in [1.807, 2.05) is 25.1 Å². The normalized spacial score (nSPS) is 22.6. The number of rotatable bonds is 4. The topological polar surface area (TPSA) is 52.8 Å². The molecule has 1 aliphatic heterocycles. The van der Waals surface area contributed by atoms with Crippen molar-refractivity contribution in [3.05, 3.63) is 30.1 Å². The summed E-state index contributed by atoms with van der Waals surface area (Å²) in [6.45, 7) is 8.45. The minimum Gasteiger partial charge on any atom is -0.388 e. The van der Waals surface area contributed by atoms with Gasteiger partial charge in [-0.15, -0.1) is 0 Å². The summed E-state index contributed by atoms with van der Waals surface area (Å²) in [5, 5.41) is 13.7. The molecule has 0 spiro atoms. The molecule has 0 amide bonds. The van der Waals surface area contributed by atoms with Crippen molar-refractivity contribution in [2.45, 2.75) is 45.4 Å². The van der Waals surface area contributed by atoms with E-state index in [0.717, 1.165) is 36.7 Å². The molecule has 1 atom stereocenters. The first-order chi connectivity index (χ1) is 9.96. The molecule has 0 aliphatic carbocycles. The Balaban J connectivity index is 1.98. The van der Waals surface area contributed by atoms with Crippen LogP contribution >= 0.6 is 0 Å². The molecule has 2 aromatic heterocycles. The second-order valence-electron chi connectivity index (χ2n) is 6.52. The van der Waals surface area contributed by atoms with E-state index in [4.69, 9.17) is 4.98 Å². The molecule has 0 radical (unpaired) electrons. The zero-order chi connectivity index (χ0) is 15.0. The maximum atomic E-state index is 10.2. The van der Waals surface area contributed by atoms with E-state index in [1.165, 1.54) is 0 Å². The molecule has 2 aromatic rings. The molecule has 1 unspecified atom stereocenters. The number of hydrogen-bond acceptors (Lipinski definition) is 4. The van der Waals surface area contributed by atoms with Gasteiger partial charge in [-0.3, -0.25) is 0 Å². The van der Waals surface area contributed by atoms with Crippen LogP contribution in [-0.2, 0) is 6.54 Å². The highest BCUT2D eigenvalue weighted by atomic mass is 16.3. The molecule has 0 aromatic carbocycles. The van der Waals surface area contributed by atoms with Crippen molar-refractivity contribution in [2.75, 3.05) is 18.0 Å². The van der Waals surface area contributed by atoms with Gasteiger partial charge >= 0.3 is 0 Å². The third-order valence-corrected chi connectivity index (χ3v) is 4.04. The van der Waals surface area contributed by atoms with E-state index in [0.29, 0.717) is 12.6 Å². The van der Waals surface area contributed by atoms with Gasteiger partial charge in [-0.25, -0.2) is 4.98 Å². The van der Waals surface area contributed by atoms with Crippen molar-refractivity contribution in [3.63, 3.8) is 0 Å². The van der Waals surface area contributed by atoms with Crippen molar-refractivity contribution in [1.82, 2.24) is 14.7 Å². The lowest BCUT2D eigenvalue weighted by Gasteiger charge is -2.20. The molecule has 2 N–H and O–H groups in total. The highest BCUT2D eigenvalue weighted by Crippen LogP contribution is 2.29. The van der Waals surface area contributed by atoms with Crippen LogP contribution in [0.5, 0.6) is 0 Å². The SMILES string of the molecule is CC(C)NCc1c(N2CCC(C)(O)C2)nc2ccccn12. The van der Waals surface area contributed by atoms with Gasteiger partial charge in [-0.2, -0.15) is 0 Å². The number of aliphatic hydroxyl groups is 1. The van der Waals surface area contributed by atoms with Crippen molar-refractivity contribution >= 4 is 11.5 Å². The minimum absolute atomic E-state index is 0.425. The predicted octanol–water partition coefficient (Wildman–Crippen LogP) is 1.79. The smallest absolute Gasteiger partial charge is 0.152 e. The molecule has 1 saturated heterocycles. The van der Waals surface area contributed by atoms with Crippen molar-refractivity contribution in [2.24, 2.45) is 0 Å². The number of nitrogens with zero attached hydrogens (tertiary/aromatic N) is 3. The standard InChI is InChI=1S/C16H24N4O/c1-12(2)17-10-13-15(19-9-7-16(3,21)11-19)18-14-6-4-5-8-20(13)14/h4-6,8,12,17,21H,7,9-11H2,1-3H3. The van der Waals surface area contributed by atoms with Crippen LogP contribution in [-0.4, -0.2) is 39.2 Å². The van der Waals surface area contributed by atoms with Gasteiger partial charge in [-0.05, 0) is 25.5 Å². The number of imidazole rings is 1. The number of aromatic nitrogens is 2. The highest BCUT2D eigenvalue weighted by Gasteiger charge is 2.33. The van der Waals surface area contributed by atoms with Gasteiger partial charge in [-0.1, -0.05) is 19.9 Å². The van der Waals surface area contributed by atoms with Gasteiger partial charge in [0, 0.05) is 31.9 Å². The first-order valence-corrected chi connectivity index (χ1v) is 7.63.